The maximum atomic E-state index is 13.2. The van der Waals surface area contributed by atoms with Gasteiger partial charge >= 0.3 is 18.0 Å². The standard InChI is InChI=1S/C22H27N3O7/c1-21(2,3)18(27)30-11-24-16(15-10-13-14(32-15)8-7-9-23-13)17(26)25(20(24)29)12-31-19(28)22(4,5)6/h7-10,16H,11-12H2,1-6H3. The van der Waals surface area contributed by atoms with E-state index in [1.54, 1.807) is 65.9 Å². The lowest BCUT2D eigenvalue weighted by atomic mass is 9.97. The lowest BCUT2D eigenvalue weighted by Crippen LogP contribution is -2.38. The van der Waals surface area contributed by atoms with Crippen LogP contribution in [0.1, 0.15) is 53.3 Å². The van der Waals surface area contributed by atoms with E-state index in [1.807, 2.05) is 0 Å². The van der Waals surface area contributed by atoms with Gasteiger partial charge in [0.05, 0.1) is 10.8 Å². The highest BCUT2D eigenvalue weighted by atomic mass is 16.6. The molecular weight excluding hydrogens is 418 g/mol. The third kappa shape index (κ3) is 4.58. The quantitative estimate of drug-likeness (QED) is 0.508. The van der Waals surface area contributed by atoms with Gasteiger partial charge in [-0.3, -0.25) is 24.3 Å². The van der Waals surface area contributed by atoms with Crippen LogP contribution in [0.3, 0.4) is 0 Å². The number of aromatic nitrogens is 1. The van der Waals surface area contributed by atoms with Crippen LogP contribution in [0.4, 0.5) is 4.79 Å². The molecule has 2 aromatic rings. The molecule has 1 fully saturated rings. The van der Waals surface area contributed by atoms with Gasteiger partial charge in [0, 0.05) is 12.3 Å². The summed E-state index contributed by atoms with van der Waals surface area (Å²) in [5.74, 6) is -1.61. The number of hydrogen-bond donors (Lipinski definition) is 0. The molecule has 0 aliphatic carbocycles. The molecule has 1 saturated heterocycles. The van der Waals surface area contributed by atoms with E-state index in [0.29, 0.717) is 11.1 Å². The first kappa shape index (κ1) is 23.2. The zero-order valence-corrected chi connectivity index (χ0v) is 19.0. The molecule has 3 heterocycles. The highest BCUT2D eigenvalue weighted by Crippen LogP contribution is 2.34. The van der Waals surface area contributed by atoms with E-state index < -0.39 is 54.2 Å². The van der Waals surface area contributed by atoms with Crippen LogP contribution in [0.15, 0.2) is 28.8 Å². The Morgan fingerprint density at radius 2 is 1.62 bits per heavy atom. The number of carbonyl (C=O) groups excluding carboxylic acids is 4. The molecule has 0 spiro atoms. The number of carbonyl (C=O) groups is 4. The maximum absolute atomic E-state index is 13.2. The average molecular weight is 445 g/mol. The van der Waals surface area contributed by atoms with Crippen molar-refractivity contribution in [3.05, 3.63) is 30.2 Å². The predicted molar refractivity (Wildman–Crippen MR) is 112 cm³/mol. The van der Waals surface area contributed by atoms with E-state index in [0.717, 1.165) is 9.80 Å². The van der Waals surface area contributed by atoms with Crippen LogP contribution in [-0.4, -0.2) is 52.1 Å². The van der Waals surface area contributed by atoms with Gasteiger partial charge in [0.25, 0.3) is 5.91 Å². The molecule has 0 N–H and O–H groups in total. The Bertz CT molecular complexity index is 1030. The van der Waals surface area contributed by atoms with Gasteiger partial charge in [-0.2, -0.15) is 0 Å². The molecule has 1 aliphatic heterocycles. The highest BCUT2D eigenvalue weighted by Gasteiger charge is 2.49. The average Bonchev–Trinajstić information content (AvgIpc) is 3.21. The van der Waals surface area contributed by atoms with E-state index in [2.05, 4.69) is 4.98 Å². The van der Waals surface area contributed by atoms with Crippen molar-refractivity contribution in [2.75, 3.05) is 13.5 Å². The molecule has 10 heteroatoms. The van der Waals surface area contributed by atoms with Crippen LogP contribution in [-0.2, 0) is 23.9 Å². The molecule has 172 valence electrons. The summed E-state index contributed by atoms with van der Waals surface area (Å²) < 4.78 is 16.2. The van der Waals surface area contributed by atoms with Crippen LogP contribution >= 0.6 is 0 Å². The van der Waals surface area contributed by atoms with Crippen LogP contribution in [0, 0.1) is 10.8 Å². The second kappa shape index (κ2) is 8.25. The minimum Gasteiger partial charge on any atom is -0.457 e. The highest BCUT2D eigenvalue weighted by molar-refractivity contribution is 6.04. The van der Waals surface area contributed by atoms with E-state index in [-0.39, 0.29) is 5.76 Å². The number of urea groups is 1. The second-order valence-electron chi connectivity index (χ2n) is 9.58. The molecule has 32 heavy (non-hydrogen) atoms. The topological polar surface area (TPSA) is 119 Å². The summed E-state index contributed by atoms with van der Waals surface area (Å²) in [5, 5.41) is 0. The lowest BCUT2D eigenvalue weighted by molar-refractivity contribution is -0.159. The van der Waals surface area contributed by atoms with Gasteiger partial charge in [-0.1, -0.05) is 0 Å². The van der Waals surface area contributed by atoms with Crippen molar-refractivity contribution in [1.82, 2.24) is 14.8 Å². The number of rotatable bonds is 5. The van der Waals surface area contributed by atoms with Crippen LogP contribution in [0.5, 0.6) is 0 Å². The third-order valence-electron chi connectivity index (χ3n) is 4.75. The lowest BCUT2D eigenvalue weighted by Gasteiger charge is -2.23. The van der Waals surface area contributed by atoms with Crippen molar-refractivity contribution in [2.24, 2.45) is 10.8 Å². The van der Waals surface area contributed by atoms with Crippen LogP contribution in [0.25, 0.3) is 11.1 Å². The fourth-order valence-electron chi connectivity index (χ4n) is 2.87. The van der Waals surface area contributed by atoms with Crippen molar-refractivity contribution < 1.29 is 33.1 Å². The molecular formula is C22H27N3O7. The molecule has 10 nitrogen and oxygen atoms in total. The van der Waals surface area contributed by atoms with E-state index in [1.165, 1.54) is 0 Å². The number of pyridine rings is 1. The van der Waals surface area contributed by atoms with Gasteiger partial charge in [-0.15, -0.1) is 0 Å². The van der Waals surface area contributed by atoms with Gasteiger partial charge < -0.3 is 13.9 Å². The van der Waals surface area contributed by atoms with Crippen molar-refractivity contribution in [1.29, 1.82) is 0 Å². The predicted octanol–water partition coefficient (Wildman–Crippen LogP) is 3.23. The summed E-state index contributed by atoms with van der Waals surface area (Å²) in [6.45, 7) is 8.96. The largest absolute Gasteiger partial charge is 0.457 e. The Hall–Kier alpha value is -3.43. The Kier molecular flexibility index (Phi) is 5.99. The van der Waals surface area contributed by atoms with Crippen molar-refractivity contribution >= 4 is 35.0 Å². The summed E-state index contributed by atoms with van der Waals surface area (Å²) in [4.78, 5) is 56.6. The first-order chi connectivity index (χ1) is 14.8. The summed E-state index contributed by atoms with van der Waals surface area (Å²) in [7, 11) is 0. The number of furan rings is 1. The van der Waals surface area contributed by atoms with Crippen molar-refractivity contribution in [3.63, 3.8) is 0 Å². The Morgan fingerprint density at radius 1 is 1.03 bits per heavy atom. The zero-order chi connectivity index (χ0) is 23.8. The van der Waals surface area contributed by atoms with Gasteiger partial charge in [-0.25, -0.2) is 9.69 Å². The van der Waals surface area contributed by atoms with Crippen LogP contribution < -0.4 is 0 Å². The third-order valence-corrected chi connectivity index (χ3v) is 4.75. The first-order valence-corrected chi connectivity index (χ1v) is 10.1. The van der Waals surface area contributed by atoms with Gasteiger partial charge in [0.1, 0.15) is 11.3 Å². The molecule has 1 unspecified atom stereocenters. The number of esters is 2. The SMILES string of the molecule is CC(C)(C)C(=O)OCN1C(=O)C(c2cc3ncccc3o2)N(COC(=O)C(C)(C)C)C1=O. The monoisotopic (exact) mass is 445 g/mol. The van der Waals surface area contributed by atoms with Crippen LogP contribution in [0.2, 0.25) is 0 Å². The smallest absolute Gasteiger partial charge is 0.333 e. The Balaban J connectivity index is 1.89. The van der Waals surface area contributed by atoms with Crippen molar-refractivity contribution in [3.8, 4) is 0 Å². The zero-order valence-electron chi connectivity index (χ0n) is 19.0. The normalized spacial score (nSPS) is 17.2. The molecule has 3 rings (SSSR count). The molecule has 1 atom stereocenters. The van der Waals surface area contributed by atoms with Gasteiger partial charge in [0.15, 0.2) is 25.1 Å². The van der Waals surface area contributed by atoms with E-state index >= 15 is 0 Å². The van der Waals surface area contributed by atoms with Gasteiger partial charge in [0.2, 0.25) is 0 Å². The maximum Gasteiger partial charge on any atom is 0.333 e. The molecule has 2 aromatic heterocycles. The minimum absolute atomic E-state index is 0.161. The number of fused-ring (bicyclic) bond motifs is 1. The van der Waals surface area contributed by atoms with Gasteiger partial charge in [-0.05, 0) is 53.7 Å². The summed E-state index contributed by atoms with van der Waals surface area (Å²) in [6, 6.07) is 2.95. The summed E-state index contributed by atoms with van der Waals surface area (Å²) in [5.41, 5.74) is -0.663. The summed E-state index contributed by atoms with van der Waals surface area (Å²) in [6.07, 6.45) is 1.57. The Labute approximate surface area is 185 Å². The Morgan fingerprint density at radius 3 is 2.19 bits per heavy atom. The molecule has 1 aliphatic rings. The fourth-order valence-corrected chi connectivity index (χ4v) is 2.87. The molecule has 0 bridgehead atoms. The van der Waals surface area contributed by atoms with E-state index in [9.17, 15) is 19.2 Å². The number of ether oxygens (including phenoxy) is 2. The number of hydrogen-bond acceptors (Lipinski definition) is 8. The molecule has 3 amide bonds. The second-order valence-corrected chi connectivity index (χ2v) is 9.58. The van der Waals surface area contributed by atoms with Crippen molar-refractivity contribution in [2.45, 2.75) is 47.6 Å². The number of imide groups is 1. The van der Waals surface area contributed by atoms with E-state index in [4.69, 9.17) is 13.9 Å². The first-order valence-electron chi connectivity index (χ1n) is 10.1. The molecule has 0 aromatic carbocycles. The summed E-state index contributed by atoms with van der Waals surface area (Å²) >= 11 is 0. The number of amides is 3. The molecule has 0 saturated carbocycles. The molecule has 0 radical (unpaired) electrons. The number of nitrogens with zero attached hydrogens (tertiary/aromatic N) is 3. The fraction of sp³-hybridized carbons (Fsp3) is 0.500. The minimum atomic E-state index is -1.20.